The number of nitrogens with zero attached hydrogens (tertiary/aromatic N) is 2. The Bertz CT molecular complexity index is 565. The van der Waals surface area contributed by atoms with Crippen LogP contribution in [0.1, 0.15) is 41.6 Å². The number of nitrogens with one attached hydrogen (secondary N) is 1. The molecule has 2 aromatic rings. The number of aromatic carboxylic acids is 1. The Hall–Kier alpha value is -2.37. The van der Waals surface area contributed by atoms with Crippen LogP contribution in [0.15, 0.2) is 29.2 Å². The lowest BCUT2D eigenvalue weighted by molar-refractivity contribution is 0.0691. The molecule has 0 unspecified atom stereocenters. The third-order valence-electron chi connectivity index (χ3n) is 2.59. The number of carbonyl (C=O) groups is 1. The Labute approximate surface area is 110 Å². The zero-order valence-electron chi connectivity index (χ0n) is 10.8. The molecule has 0 saturated carbocycles. The second-order valence-electron chi connectivity index (χ2n) is 4.44. The lowest BCUT2D eigenvalue weighted by Gasteiger charge is -2.10. The van der Waals surface area contributed by atoms with E-state index in [-0.39, 0.29) is 11.6 Å². The topological polar surface area (TPSA) is 88.2 Å². The van der Waals surface area contributed by atoms with Crippen molar-refractivity contribution in [3.8, 4) is 0 Å². The molecule has 0 aromatic carbocycles. The van der Waals surface area contributed by atoms with E-state index >= 15 is 0 Å². The van der Waals surface area contributed by atoms with Crippen LogP contribution >= 0.6 is 0 Å². The van der Waals surface area contributed by atoms with Crippen molar-refractivity contribution in [1.82, 2.24) is 9.97 Å². The van der Waals surface area contributed by atoms with E-state index in [1.165, 1.54) is 6.20 Å². The van der Waals surface area contributed by atoms with E-state index in [1.54, 1.807) is 18.6 Å². The van der Waals surface area contributed by atoms with Gasteiger partial charge in [-0.1, -0.05) is 13.8 Å². The zero-order chi connectivity index (χ0) is 13.8. The standard InChI is InChI=1S/C13H15N3O3/c1-8(2)12-15-6-10(11(16-12)13(17)18)14-5-9-3-4-19-7-9/h3-4,6-8,14H,5H2,1-2H3,(H,17,18). The molecule has 6 nitrogen and oxygen atoms in total. The molecule has 0 bridgehead atoms. The van der Waals surface area contributed by atoms with Crippen LogP contribution in [-0.4, -0.2) is 21.0 Å². The molecule has 0 fully saturated rings. The second-order valence-corrected chi connectivity index (χ2v) is 4.44. The smallest absolute Gasteiger partial charge is 0.356 e. The van der Waals surface area contributed by atoms with Gasteiger partial charge in [0.25, 0.3) is 0 Å². The normalized spacial score (nSPS) is 10.7. The van der Waals surface area contributed by atoms with Crippen molar-refractivity contribution >= 4 is 11.7 Å². The maximum absolute atomic E-state index is 11.2. The van der Waals surface area contributed by atoms with Crippen molar-refractivity contribution < 1.29 is 14.3 Å². The third-order valence-corrected chi connectivity index (χ3v) is 2.59. The molecule has 19 heavy (non-hydrogen) atoms. The molecule has 2 rings (SSSR count). The molecule has 0 saturated heterocycles. The second kappa shape index (κ2) is 5.51. The maximum atomic E-state index is 11.2. The summed E-state index contributed by atoms with van der Waals surface area (Å²) in [7, 11) is 0. The van der Waals surface area contributed by atoms with Gasteiger partial charge in [0.2, 0.25) is 0 Å². The summed E-state index contributed by atoms with van der Waals surface area (Å²) in [6, 6.07) is 1.80. The molecule has 0 radical (unpaired) electrons. The molecule has 2 aromatic heterocycles. The highest BCUT2D eigenvalue weighted by atomic mass is 16.4. The lowest BCUT2D eigenvalue weighted by Crippen LogP contribution is -2.12. The van der Waals surface area contributed by atoms with Crippen LogP contribution in [0.4, 0.5) is 5.69 Å². The SMILES string of the molecule is CC(C)c1ncc(NCc2ccoc2)c(C(=O)O)n1. The van der Waals surface area contributed by atoms with Crippen molar-refractivity contribution in [2.45, 2.75) is 26.3 Å². The van der Waals surface area contributed by atoms with Crippen LogP contribution in [0.2, 0.25) is 0 Å². The average Bonchev–Trinajstić information content (AvgIpc) is 2.89. The van der Waals surface area contributed by atoms with Gasteiger partial charge in [-0.15, -0.1) is 0 Å². The first-order valence-electron chi connectivity index (χ1n) is 5.93. The minimum absolute atomic E-state index is 0.0119. The fourth-order valence-electron chi connectivity index (χ4n) is 1.56. The van der Waals surface area contributed by atoms with E-state index in [2.05, 4.69) is 15.3 Å². The van der Waals surface area contributed by atoms with Crippen LogP contribution in [-0.2, 0) is 6.54 Å². The van der Waals surface area contributed by atoms with Crippen LogP contribution in [0.5, 0.6) is 0 Å². The quantitative estimate of drug-likeness (QED) is 0.859. The molecule has 0 aliphatic carbocycles. The van der Waals surface area contributed by atoms with Crippen LogP contribution in [0.3, 0.4) is 0 Å². The van der Waals surface area contributed by atoms with E-state index in [1.807, 2.05) is 13.8 Å². The minimum atomic E-state index is -1.07. The van der Waals surface area contributed by atoms with Crippen molar-refractivity contribution in [1.29, 1.82) is 0 Å². The number of aromatic nitrogens is 2. The fourth-order valence-corrected chi connectivity index (χ4v) is 1.56. The Morgan fingerprint density at radius 1 is 1.53 bits per heavy atom. The maximum Gasteiger partial charge on any atom is 0.356 e. The molecule has 100 valence electrons. The number of hydrogen-bond acceptors (Lipinski definition) is 5. The highest BCUT2D eigenvalue weighted by Crippen LogP contribution is 2.17. The van der Waals surface area contributed by atoms with Crippen molar-refractivity contribution in [3.63, 3.8) is 0 Å². The summed E-state index contributed by atoms with van der Waals surface area (Å²) in [5, 5.41) is 12.2. The first-order valence-corrected chi connectivity index (χ1v) is 5.93. The Kier molecular flexibility index (Phi) is 3.79. The van der Waals surface area contributed by atoms with Gasteiger partial charge in [0.15, 0.2) is 5.69 Å². The van der Waals surface area contributed by atoms with Gasteiger partial charge >= 0.3 is 5.97 Å². The molecular weight excluding hydrogens is 246 g/mol. The first-order chi connectivity index (χ1) is 9.08. The molecule has 2 N–H and O–H groups in total. The predicted octanol–water partition coefficient (Wildman–Crippen LogP) is 2.50. The summed E-state index contributed by atoms with van der Waals surface area (Å²) in [6.07, 6.45) is 4.66. The lowest BCUT2D eigenvalue weighted by atomic mass is 10.2. The molecule has 2 heterocycles. The molecule has 0 aliphatic rings. The van der Waals surface area contributed by atoms with Gasteiger partial charge in [-0.2, -0.15) is 0 Å². The number of carboxylic acid groups (broad SMARTS) is 1. The van der Waals surface area contributed by atoms with Gasteiger partial charge < -0.3 is 14.8 Å². The number of hydrogen-bond donors (Lipinski definition) is 2. The van der Waals surface area contributed by atoms with E-state index < -0.39 is 5.97 Å². The van der Waals surface area contributed by atoms with Crippen molar-refractivity contribution in [2.75, 3.05) is 5.32 Å². The van der Waals surface area contributed by atoms with Gasteiger partial charge in [0.1, 0.15) is 5.82 Å². The molecule has 0 spiro atoms. The zero-order valence-corrected chi connectivity index (χ0v) is 10.8. The molecule has 0 atom stereocenters. The summed E-state index contributed by atoms with van der Waals surface area (Å²) in [6.45, 7) is 4.29. The minimum Gasteiger partial charge on any atom is -0.476 e. The van der Waals surface area contributed by atoms with Gasteiger partial charge in [-0.25, -0.2) is 14.8 Å². The summed E-state index contributed by atoms with van der Waals surface area (Å²) >= 11 is 0. The number of furan rings is 1. The number of carboxylic acids is 1. The third kappa shape index (κ3) is 3.09. The fraction of sp³-hybridized carbons (Fsp3) is 0.308. The highest BCUT2D eigenvalue weighted by Gasteiger charge is 2.15. The summed E-state index contributed by atoms with van der Waals surface area (Å²) < 4.78 is 4.94. The van der Waals surface area contributed by atoms with Crippen molar-refractivity contribution in [2.24, 2.45) is 0 Å². The van der Waals surface area contributed by atoms with E-state index in [0.29, 0.717) is 18.1 Å². The number of rotatable bonds is 5. The van der Waals surface area contributed by atoms with Crippen LogP contribution in [0, 0.1) is 0 Å². The van der Waals surface area contributed by atoms with E-state index in [4.69, 9.17) is 4.42 Å². The highest BCUT2D eigenvalue weighted by molar-refractivity contribution is 5.91. The Morgan fingerprint density at radius 2 is 2.32 bits per heavy atom. The average molecular weight is 261 g/mol. The van der Waals surface area contributed by atoms with Crippen LogP contribution in [0.25, 0.3) is 0 Å². The van der Waals surface area contributed by atoms with Gasteiger partial charge in [-0.05, 0) is 6.07 Å². The monoisotopic (exact) mass is 261 g/mol. The number of anilines is 1. The summed E-state index contributed by atoms with van der Waals surface area (Å²) in [5.41, 5.74) is 1.31. The summed E-state index contributed by atoms with van der Waals surface area (Å²) in [4.78, 5) is 19.4. The van der Waals surface area contributed by atoms with Gasteiger partial charge in [0, 0.05) is 18.0 Å². The predicted molar refractivity (Wildman–Crippen MR) is 69.1 cm³/mol. The van der Waals surface area contributed by atoms with Gasteiger partial charge in [0.05, 0.1) is 24.4 Å². The van der Waals surface area contributed by atoms with Crippen LogP contribution < -0.4 is 5.32 Å². The van der Waals surface area contributed by atoms with E-state index in [0.717, 1.165) is 5.56 Å². The van der Waals surface area contributed by atoms with E-state index in [9.17, 15) is 9.90 Å². The van der Waals surface area contributed by atoms with Gasteiger partial charge in [-0.3, -0.25) is 0 Å². The van der Waals surface area contributed by atoms with Crippen molar-refractivity contribution in [3.05, 3.63) is 41.9 Å². The largest absolute Gasteiger partial charge is 0.476 e. The molecule has 6 heteroatoms. The Morgan fingerprint density at radius 3 is 2.89 bits per heavy atom. The molecule has 0 aliphatic heterocycles. The first kappa shape index (κ1) is 13.1. The molecular formula is C13H15N3O3. The summed E-state index contributed by atoms with van der Waals surface area (Å²) in [5.74, 6) is -0.466. The Balaban J connectivity index is 2.21. The molecule has 0 amide bonds.